The first-order valence-electron chi connectivity index (χ1n) is 5.96. The second-order valence-corrected chi connectivity index (χ2v) is 3.91. The van der Waals surface area contributed by atoms with Crippen LogP contribution in [-0.2, 0) is 0 Å². The number of allylic oxidation sites excluding steroid dienone is 1. The minimum absolute atomic E-state index is 0.0670. The molecule has 0 fully saturated rings. The summed E-state index contributed by atoms with van der Waals surface area (Å²) in [7, 11) is 0. The van der Waals surface area contributed by atoms with Crippen LogP contribution in [0.3, 0.4) is 0 Å². The van der Waals surface area contributed by atoms with E-state index in [0.29, 0.717) is 12.4 Å². The van der Waals surface area contributed by atoms with Crippen molar-refractivity contribution < 1.29 is 4.74 Å². The number of fused-ring (bicyclic) bond motifs is 1. The Labute approximate surface area is 112 Å². The zero-order valence-corrected chi connectivity index (χ0v) is 10.6. The van der Waals surface area contributed by atoms with Gasteiger partial charge in [0.2, 0.25) is 0 Å². The maximum absolute atomic E-state index is 8.90. The Kier molecular flexibility index (Phi) is 3.81. The summed E-state index contributed by atoms with van der Waals surface area (Å²) in [5.41, 5.74) is 0.843. The molecule has 19 heavy (non-hydrogen) atoms. The Bertz CT molecular complexity index is 702. The van der Waals surface area contributed by atoms with Crippen LogP contribution >= 0.6 is 0 Å². The summed E-state index contributed by atoms with van der Waals surface area (Å²) < 4.78 is 5.57. The van der Waals surface area contributed by atoms with Crippen LogP contribution in [0.25, 0.3) is 16.8 Å². The van der Waals surface area contributed by atoms with Crippen molar-refractivity contribution in [2.75, 3.05) is 6.61 Å². The van der Waals surface area contributed by atoms with Gasteiger partial charge < -0.3 is 4.74 Å². The lowest BCUT2D eigenvalue weighted by Gasteiger charge is -2.10. The molecule has 2 rings (SSSR count). The maximum atomic E-state index is 8.90. The smallest absolute Gasteiger partial charge is 0.130 e. The number of ether oxygens (including phenoxy) is 1. The van der Waals surface area contributed by atoms with E-state index in [9.17, 15) is 0 Å². The van der Waals surface area contributed by atoms with Gasteiger partial charge in [-0.3, -0.25) is 0 Å². The largest absolute Gasteiger partial charge is 0.493 e. The zero-order chi connectivity index (χ0) is 13.7. The zero-order valence-electron chi connectivity index (χ0n) is 10.6. The Balaban J connectivity index is 2.74. The van der Waals surface area contributed by atoms with Crippen LogP contribution in [-0.4, -0.2) is 6.61 Å². The molecule has 0 aliphatic heterocycles. The summed E-state index contributed by atoms with van der Waals surface area (Å²) in [4.78, 5) is 0. The van der Waals surface area contributed by atoms with Crippen molar-refractivity contribution in [1.82, 2.24) is 0 Å². The summed E-state index contributed by atoms with van der Waals surface area (Å²) in [6.07, 6.45) is 1.58. The van der Waals surface area contributed by atoms with Gasteiger partial charge in [0.15, 0.2) is 0 Å². The van der Waals surface area contributed by atoms with Crippen LogP contribution in [0.2, 0.25) is 0 Å². The van der Waals surface area contributed by atoms with E-state index in [2.05, 4.69) is 0 Å². The van der Waals surface area contributed by atoms with Crippen LogP contribution < -0.4 is 4.74 Å². The predicted octanol–water partition coefficient (Wildman–Crippen LogP) is 3.67. The number of nitriles is 2. The molecule has 0 aromatic heterocycles. The van der Waals surface area contributed by atoms with Crippen LogP contribution in [0, 0.1) is 22.7 Å². The number of hydrogen-bond acceptors (Lipinski definition) is 3. The molecule has 3 heteroatoms. The molecule has 0 aliphatic rings. The van der Waals surface area contributed by atoms with Gasteiger partial charge in [0.1, 0.15) is 23.5 Å². The monoisotopic (exact) mass is 248 g/mol. The number of benzene rings is 2. The van der Waals surface area contributed by atoms with Gasteiger partial charge in [0.25, 0.3) is 0 Å². The fraction of sp³-hybridized carbons (Fsp3) is 0.125. The molecular formula is C16H12N2O. The molecule has 0 atom stereocenters. The molecule has 0 heterocycles. The van der Waals surface area contributed by atoms with Crippen LogP contribution in [0.1, 0.15) is 12.5 Å². The van der Waals surface area contributed by atoms with Gasteiger partial charge >= 0.3 is 0 Å². The first kappa shape index (κ1) is 12.7. The van der Waals surface area contributed by atoms with Gasteiger partial charge in [-0.15, -0.1) is 0 Å². The highest BCUT2D eigenvalue weighted by atomic mass is 16.5. The molecule has 3 nitrogen and oxygen atoms in total. The minimum atomic E-state index is 0.0670. The van der Waals surface area contributed by atoms with Crippen molar-refractivity contribution in [2.24, 2.45) is 0 Å². The first-order chi connectivity index (χ1) is 9.30. The molecule has 2 aromatic carbocycles. The van der Waals surface area contributed by atoms with Gasteiger partial charge in [-0.1, -0.05) is 30.3 Å². The predicted molar refractivity (Wildman–Crippen MR) is 74.3 cm³/mol. The number of nitrogens with zero attached hydrogens (tertiary/aromatic N) is 2. The van der Waals surface area contributed by atoms with Crippen molar-refractivity contribution in [3.63, 3.8) is 0 Å². The molecule has 92 valence electrons. The molecule has 0 amide bonds. The maximum Gasteiger partial charge on any atom is 0.130 e. The summed E-state index contributed by atoms with van der Waals surface area (Å²) in [6.45, 7) is 2.44. The highest BCUT2D eigenvalue weighted by molar-refractivity contribution is 5.94. The molecule has 0 bridgehead atoms. The Morgan fingerprint density at radius 2 is 1.89 bits per heavy atom. The standard InChI is InChI=1S/C16H12N2O/c1-2-19-16-8-7-13-5-3-4-6-14(13)15(16)9-12(10-17)11-18/h3-9H,2H2,1H3. The van der Waals surface area contributed by atoms with Crippen molar-refractivity contribution in [2.45, 2.75) is 6.92 Å². The SMILES string of the molecule is CCOc1ccc2ccccc2c1C=C(C#N)C#N. The molecule has 0 N–H and O–H groups in total. The van der Waals surface area contributed by atoms with E-state index in [0.717, 1.165) is 16.3 Å². The van der Waals surface area contributed by atoms with E-state index < -0.39 is 0 Å². The quantitative estimate of drug-likeness (QED) is 0.779. The van der Waals surface area contributed by atoms with Crippen LogP contribution in [0.5, 0.6) is 5.75 Å². The van der Waals surface area contributed by atoms with Gasteiger partial charge in [-0.05, 0) is 29.8 Å². The molecule has 0 unspecified atom stereocenters. The molecule has 0 spiro atoms. The highest BCUT2D eigenvalue weighted by Gasteiger charge is 2.07. The van der Waals surface area contributed by atoms with E-state index >= 15 is 0 Å². The molecule has 0 saturated heterocycles. The summed E-state index contributed by atoms with van der Waals surface area (Å²) in [5, 5.41) is 19.8. The summed E-state index contributed by atoms with van der Waals surface area (Å²) >= 11 is 0. The van der Waals surface area contributed by atoms with Crippen molar-refractivity contribution in [3.05, 3.63) is 47.5 Å². The van der Waals surface area contributed by atoms with Crippen molar-refractivity contribution in [1.29, 1.82) is 10.5 Å². The number of rotatable bonds is 3. The lowest BCUT2D eigenvalue weighted by Crippen LogP contribution is -1.95. The summed E-state index contributed by atoms with van der Waals surface area (Å²) in [6, 6.07) is 15.4. The minimum Gasteiger partial charge on any atom is -0.493 e. The van der Waals surface area contributed by atoms with Gasteiger partial charge in [0.05, 0.1) is 6.61 Å². The molecule has 0 saturated carbocycles. The van der Waals surface area contributed by atoms with Crippen LogP contribution in [0.15, 0.2) is 42.0 Å². The lowest BCUT2D eigenvalue weighted by molar-refractivity contribution is 0.340. The Hall–Kier alpha value is -2.78. The van der Waals surface area contributed by atoms with E-state index in [1.165, 1.54) is 0 Å². The van der Waals surface area contributed by atoms with E-state index in [1.807, 2.05) is 55.5 Å². The van der Waals surface area contributed by atoms with Crippen molar-refractivity contribution >= 4 is 16.8 Å². The normalized spacial score (nSPS) is 9.42. The Morgan fingerprint density at radius 1 is 1.16 bits per heavy atom. The molecule has 0 aliphatic carbocycles. The van der Waals surface area contributed by atoms with Gasteiger partial charge in [-0.2, -0.15) is 10.5 Å². The van der Waals surface area contributed by atoms with Gasteiger partial charge in [0, 0.05) is 5.56 Å². The topological polar surface area (TPSA) is 56.8 Å². The van der Waals surface area contributed by atoms with Crippen LogP contribution in [0.4, 0.5) is 0 Å². The van der Waals surface area contributed by atoms with Crippen molar-refractivity contribution in [3.8, 4) is 17.9 Å². The Morgan fingerprint density at radius 3 is 2.58 bits per heavy atom. The third-order valence-corrected chi connectivity index (χ3v) is 2.76. The molecule has 0 radical (unpaired) electrons. The van der Waals surface area contributed by atoms with E-state index in [1.54, 1.807) is 6.08 Å². The van der Waals surface area contributed by atoms with Gasteiger partial charge in [-0.25, -0.2) is 0 Å². The molecular weight excluding hydrogens is 236 g/mol. The fourth-order valence-electron chi connectivity index (χ4n) is 1.94. The third kappa shape index (κ3) is 2.56. The fourth-order valence-corrected chi connectivity index (χ4v) is 1.94. The van der Waals surface area contributed by atoms with E-state index in [4.69, 9.17) is 15.3 Å². The average molecular weight is 248 g/mol. The van der Waals surface area contributed by atoms with E-state index in [-0.39, 0.29) is 5.57 Å². The molecule has 2 aromatic rings. The third-order valence-electron chi connectivity index (χ3n) is 2.76. The second-order valence-electron chi connectivity index (χ2n) is 3.91. The second kappa shape index (κ2) is 5.71. The average Bonchev–Trinajstić information content (AvgIpc) is 2.46. The highest BCUT2D eigenvalue weighted by Crippen LogP contribution is 2.30. The number of hydrogen-bond donors (Lipinski definition) is 0. The first-order valence-corrected chi connectivity index (χ1v) is 5.96. The summed E-state index contributed by atoms with van der Waals surface area (Å²) in [5.74, 6) is 0.684. The lowest BCUT2D eigenvalue weighted by atomic mass is 10.0.